The van der Waals surface area contributed by atoms with Crippen LogP contribution in [0.15, 0.2) is 64.4 Å². The maximum absolute atomic E-state index is 10.8. The molecule has 0 aliphatic carbocycles. The van der Waals surface area contributed by atoms with Crippen LogP contribution in [0.3, 0.4) is 0 Å². The first-order valence-corrected chi connectivity index (χ1v) is 6.48. The number of aliphatic carboxylic acids is 1. The van der Waals surface area contributed by atoms with Crippen LogP contribution in [0, 0.1) is 10.1 Å². The maximum atomic E-state index is 10.8. The summed E-state index contributed by atoms with van der Waals surface area (Å²) in [4.78, 5) is 21.1. The molecule has 20 heavy (non-hydrogen) atoms. The molecule has 0 aliphatic heterocycles. The number of benzene rings is 2. The van der Waals surface area contributed by atoms with Crippen molar-refractivity contribution in [1.29, 1.82) is 0 Å². The Labute approximate surface area is 120 Å². The Hall–Kier alpha value is -2.34. The number of para-hydroxylation sites is 1. The third-order valence-corrected chi connectivity index (χ3v) is 3.11. The third kappa shape index (κ3) is 5.53. The van der Waals surface area contributed by atoms with Crippen LogP contribution in [-0.4, -0.2) is 16.0 Å². The van der Waals surface area contributed by atoms with E-state index in [4.69, 9.17) is 9.90 Å². The fourth-order valence-corrected chi connectivity index (χ4v) is 2.25. The van der Waals surface area contributed by atoms with E-state index in [1.807, 2.05) is 30.3 Å². The molecule has 0 saturated carbocycles. The molecular weight excluding hydrogens is 278 g/mol. The molecule has 5 nitrogen and oxygen atoms in total. The highest BCUT2D eigenvalue weighted by Crippen LogP contribution is 2.33. The first-order chi connectivity index (χ1) is 9.50. The fourth-order valence-electron chi connectivity index (χ4n) is 1.31. The van der Waals surface area contributed by atoms with Gasteiger partial charge in [0.2, 0.25) is 0 Å². The molecule has 2 aromatic rings. The van der Waals surface area contributed by atoms with E-state index in [9.17, 15) is 10.1 Å². The summed E-state index contributed by atoms with van der Waals surface area (Å²) in [5.74, 6) is -0.833. The van der Waals surface area contributed by atoms with Gasteiger partial charge in [-0.2, -0.15) is 0 Å². The van der Waals surface area contributed by atoms with Gasteiger partial charge >= 0.3 is 0 Å². The smallest absolute Gasteiger partial charge is 0.300 e. The van der Waals surface area contributed by atoms with Gasteiger partial charge in [0.1, 0.15) is 0 Å². The van der Waals surface area contributed by atoms with Gasteiger partial charge in [-0.15, -0.1) is 0 Å². The standard InChI is InChI=1S/C12H9NO2S.C2H4O2/c14-13(15)11-8-4-5-9-12(11)16-10-6-2-1-3-7-10;1-2(3)4/h1-9H;1H3,(H,3,4). The second-order valence-corrected chi connectivity index (χ2v) is 4.77. The molecule has 0 amide bonds. The van der Waals surface area contributed by atoms with E-state index in [0.717, 1.165) is 11.8 Å². The second kappa shape index (κ2) is 7.96. The number of hydrogen-bond donors (Lipinski definition) is 1. The predicted octanol–water partition coefficient (Wildman–Crippen LogP) is 3.84. The Morgan fingerprint density at radius 2 is 1.60 bits per heavy atom. The molecular formula is C14H13NO4S. The van der Waals surface area contributed by atoms with Crippen LogP contribution in [0.5, 0.6) is 0 Å². The quantitative estimate of drug-likeness (QED) is 0.686. The summed E-state index contributed by atoms with van der Waals surface area (Å²) in [5, 5.41) is 18.2. The van der Waals surface area contributed by atoms with Crippen molar-refractivity contribution in [3.8, 4) is 0 Å². The number of nitrogens with zero attached hydrogens (tertiary/aromatic N) is 1. The minimum absolute atomic E-state index is 0.149. The number of carboxylic acid groups (broad SMARTS) is 1. The summed E-state index contributed by atoms with van der Waals surface area (Å²) in [6.45, 7) is 1.08. The molecule has 0 atom stereocenters. The van der Waals surface area contributed by atoms with E-state index in [2.05, 4.69) is 0 Å². The fraction of sp³-hybridized carbons (Fsp3) is 0.0714. The highest BCUT2D eigenvalue weighted by atomic mass is 32.2. The zero-order valence-electron chi connectivity index (χ0n) is 10.7. The normalized spacial score (nSPS) is 9.25. The van der Waals surface area contributed by atoms with Gasteiger partial charge in [-0.3, -0.25) is 14.9 Å². The zero-order chi connectivity index (χ0) is 15.0. The van der Waals surface area contributed by atoms with E-state index in [-0.39, 0.29) is 10.6 Å². The maximum Gasteiger partial charge on any atom is 0.300 e. The Kier molecular flexibility index (Phi) is 6.25. The zero-order valence-corrected chi connectivity index (χ0v) is 11.5. The van der Waals surface area contributed by atoms with Crippen molar-refractivity contribution in [2.45, 2.75) is 16.7 Å². The first kappa shape index (κ1) is 15.7. The molecule has 104 valence electrons. The van der Waals surface area contributed by atoms with Crippen LogP contribution >= 0.6 is 11.8 Å². The molecule has 0 unspecified atom stereocenters. The van der Waals surface area contributed by atoms with Gasteiger partial charge in [0.25, 0.3) is 11.7 Å². The number of carboxylic acids is 1. The molecule has 2 rings (SSSR count). The molecule has 0 bridgehead atoms. The number of carbonyl (C=O) groups is 1. The van der Waals surface area contributed by atoms with Crippen LogP contribution in [-0.2, 0) is 4.79 Å². The molecule has 0 fully saturated rings. The van der Waals surface area contributed by atoms with Crippen molar-refractivity contribution >= 4 is 23.4 Å². The van der Waals surface area contributed by atoms with E-state index in [1.165, 1.54) is 17.8 Å². The molecule has 6 heteroatoms. The third-order valence-electron chi connectivity index (χ3n) is 2.03. The van der Waals surface area contributed by atoms with Gasteiger partial charge in [0, 0.05) is 17.9 Å². The largest absolute Gasteiger partial charge is 0.481 e. The monoisotopic (exact) mass is 291 g/mol. The van der Waals surface area contributed by atoms with Crippen molar-refractivity contribution in [1.82, 2.24) is 0 Å². The van der Waals surface area contributed by atoms with Gasteiger partial charge in [0.05, 0.1) is 9.82 Å². The summed E-state index contributed by atoms with van der Waals surface area (Å²) in [6, 6.07) is 16.4. The minimum Gasteiger partial charge on any atom is -0.481 e. The first-order valence-electron chi connectivity index (χ1n) is 5.66. The predicted molar refractivity (Wildman–Crippen MR) is 77.0 cm³/mol. The van der Waals surface area contributed by atoms with Crippen molar-refractivity contribution in [3.63, 3.8) is 0 Å². The van der Waals surface area contributed by atoms with E-state index >= 15 is 0 Å². The molecule has 0 saturated heterocycles. The summed E-state index contributed by atoms with van der Waals surface area (Å²) >= 11 is 1.40. The number of rotatable bonds is 3. The van der Waals surface area contributed by atoms with Crippen molar-refractivity contribution < 1.29 is 14.8 Å². The number of nitro groups is 1. The average molecular weight is 291 g/mol. The number of hydrogen-bond acceptors (Lipinski definition) is 4. The van der Waals surface area contributed by atoms with Crippen LogP contribution in [0.25, 0.3) is 0 Å². The molecule has 0 aliphatic rings. The summed E-state index contributed by atoms with van der Waals surface area (Å²) < 4.78 is 0. The van der Waals surface area contributed by atoms with E-state index in [1.54, 1.807) is 18.2 Å². The molecule has 0 aromatic heterocycles. The van der Waals surface area contributed by atoms with Gasteiger partial charge < -0.3 is 5.11 Å². The molecule has 1 N–H and O–H groups in total. The summed E-state index contributed by atoms with van der Waals surface area (Å²) in [6.07, 6.45) is 0. The van der Waals surface area contributed by atoms with Crippen LogP contribution < -0.4 is 0 Å². The molecule has 2 aromatic carbocycles. The van der Waals surface area contributed by atoms with Gasteiger partial charge in [0.15, 0.2) is 0 Å². The Morgan fingerprint density at radius 1 is 1.10 bits per heavy atom. The number of nitro benzene ring substituents is 1. The lowest BCUT2D eigenvalue weighted by molar-refractivity contribution is -0.387. The highest BCUT2D eigenvalue weighted by Gasteiger charge is 2.12. The van der Waals surface area contributed by atoms with Crippen molar-refractivity contribution in [3.05, 3.63) is 64.7 Å². The van der Waals surface area contributed by atoms with Crippen LogP contribution in [0.1, 0.15) is 6.92 Å². The molecule has 0 heterocycles. The Morgan fingerprint density at radius 3 is 2.15 bits per heavy atom. The van der Waals surface area contributed by atoms with E-state index in [0.29, 0.717) is 4.90 Å². The van der Waals surface area contributed by atoms with Gasteiger partial charge in [-0.1, -0.05) is 42.1 Å². The topological polar surface area (TPSA) is 80.4 Å². The van der Waals surface area contributed by atoms with Gasteiger partial charge in [-0.25, -0.2) is 0 Å². The average Bonchev–Trinajstić information content (AvgIpc) is 2.39. The Balaban J connectivity index is 0.000000444. The second-order valence-electron chi connectivity index (χ2n) is 3.66. The molecule has 0 radical (unpaired) electrons. The Bertz CT molecular complexity index is 583. The lowest BCUT2D eigenvalue weighted by Gasteiger charge is -2.01. The summed E-state index contributed by atoms with van der Waals surface area (Å²) in [5.41, 5.74) is 0.149. The van der Waals surface area contributed by atoms with Crippen LogP contribution in [0.2, 0.25) is 0 Å². The van der Waals surface area contributed by atoms with Crippen LogP contribution in [0.4, 0.5) is 5.69 Å². The van der Waals surface area contributed by atoms with E-state index < -0.39 is 5.97 Å². The molecule has 0 spiro atoms. The van der Waals surface area contributed by atoms with Crippen molar-refractivity contribution in [2.24, 2.45) is 0 Å². The lowest BCUT2D eigenvalue weighted by Crippen LogP contribution is -1.89. The highest BCUT2D eigenvalue weighted by molar-refractivity contribution is 7.99. The van der Waals surface area contributed by atoms with Crippen molar-refractivity contribution in [2.75, 3.05) is 0 Å². The SMILES string of the molecule is CC(=O)O.O=[N+]([O-])c1ccccc1Sc1ccccc1. The lowest BCUT2D eigenvalue weighted by atomic mass is 10.3. The van der Waals surface area contributed by atoms with Gasteiger partial charge in [-0.05, 0) is 18.2 Å². The minimum atomic E-state index is -0.833. The summed E-state index contributed by atoms with van der Waals surface area (Å²) in [7, 11) is 0.